The van der Waals surface area contributed by atoms with E-state index in [0.717, 1.165) is 0 Å². The summed E-state index contributed by atoms with van der Waals surface area (Å²) >= 11 is 5.35. The van der Waals surface area contributed by atoms with Crippen molar-refractivity contribution in [3.8, 4) is 5.75 Å². The third kappa shape index (κ3) is 2.93. The monoisotopic (exact) mass is 243 g/mol. The molecule has 0 aliphatic carbocycles. The summed E-state index contributed by atoms with van der Waals surface area (Å²) in [6.07, 6.45) is 0.0916. The number of ketones is 1. The Morgan fingerprint density at radius 2 is 2.25 bits per heavy atom. The Bertz CT molecular complexity index is 419. The second-order valence-corrected chi connectivity index (χ2v) is 3.38. The molecule has 16 heavy (non-hydrogen) atoms. The Morgan fingerprint density at radius 3 is 2.75 bits per heavy atom. The lowest BCUT2D eigenvalue weighted by Crippen LogP contribution is -2.04. The van der Waals surface area contributed by atoms with Gasteiger partial charge in [0.25, 0.3) is 0 Å². The average molecular weight is 244 g/mol. The zero-order valence-corrected chi connectivity index (χ0v) is 9.36. The molecule has 0 bridgehead atoms. The molecule has 1 aromatic carbocycles. The minimum absolute atomic E-state index is 0.0916. The number of Topliss-reactive ketones (excluding diaryl/α,β-unsaturated/α-hetero) is 1. The van der Waals surface area contributed by atoms with Crippen molar-refractivity contribution in [1.29, 1.82) is 0 Å². The van der Waals surface area contributed by atoms with Gasteiger partial charge in [0.15, 0.2) is 11.5 Å². The van der Waals surface area contributed by atoms with Crippen LogP contribution in [-0.2, 0) is 11.2 Å². The molecule has 1 rings (SSSR count). The van der Waals surface area contributed by atoms with Gasteiger partial charge < -0.3 is 4.74 Å². The number of hydrogen-bond donors (Lipinski definition) is 0. The second-order valence-electron chi connectivity index (χ2n) is 3.11. The third-order valence-electron chi connectivity index (χ3n) is 1.99. The number of rotatable bonds is 5. The average Bonchev–Trinajstić information content (AvgIpc) is 2.28. The molecule has 0 aromatic heterocycles. The van der Waals surface area contributed by atoms with Crippen molar-refractivity contribution in [2.75, 3.05) is 13.0 Å². The zero-order chi connectivity index (χ0) is 12.1. The number of halogens is 1. The van der Waals surface area contributed by atoms with E-state index >= 15 is 0 Å². The molecule has 0 amide bonds. The number of methoxy groups -OCH3 is 1. The first kappa shape index (κ1) is 12.4. The first-order valence-electron chi connectivity index (χ1n) is 4.47. The fraction of sp³-hybridized carbons (Fsp3) is 0.300. The molecule has 86 valence electrons. The van der Waals surface area contributed by atoms with Crippen LogP contribution in [0.3, 0.4) is 0 Å². The molecule has 0 unspecified atom stereocenters. The first-order valence-corrected chi connectivity index (χ1v) is 5.01. The summed E-state index contributed by atoms with van der Waals surface area (Å²) < 4.78 is 4.84. The van der Waals surface area contributed by atoms with Crippen LogP contribution in [-0.4, -0.2) is 23.7 Å². The maximum Gasteiger partial charge on any atom is 0.311 e. The van der Waals surface area contributed by atoms with Gasteiger partial charge in [0.1, 0.15) is 0 Å². The minimum Gasteiger partial charge on any atom is -0.490 e. The van der Waals surface area contributed by atoms with Crippen molar-refractivity contribution in [2.45, 2.75) is 6.42 Å². The highest BCUT2D eigenvalue weighted by atomic mass is 35.5. The highest BCUT2D eigenvalue weighted by molar-refractivity contribution is 6.27. The summed E-state index contributed by atoms with van der Waals surface area (Å²) in [6.45, 7) is 0. The topological polar surface area (TPSA) is 69.4 Å². The Morgan fingerprint density at radius 1 is 1.56 bits per heavy atom. The maximum absolute atomic E-state index is 11.1. The largest absolute Gasteiger partial charge is 0.490 e. The van der Waals surface area contributed by atoms with E-state index in [1.807, 2.05) is 0 Å². The van der Waals surface area contributed by atoms with Crippen molar-refractivity contribution in [2.24, 2.45) is 0 Å². The number of alkyl halides is 1. The van der Waals surface area contributed by atoms with E-state index in [2.05, 4.69) is 0 Å². The van der Waals surface area contributed by atoms with Gasteiger partial charge in [-0.1, -0.05) is 6.07 Å². The molecule has 0 aliphatic heterocycles. The molecule has 6 heteroatoms. The number of nitro benzene ring substituents is 1. The van der Waals surface area contributed by atoms with Crippen LogP contribution in [0.25, 0.3) is 0 Å². The zero-order valence-electron chi connectivity index (χ0n) is 8.60. The summed E-state index contributed by atoms with van der Waals surface area (Å²) in [7, 11) is 1.35. The number of ether oxygens (including phenoxy) is 1. The van der Waals surface area contributed by atoms with Crippen LogP contribution >= 0.6 is 11.6 Å². The lowest BCUT2D eigenvalue weighted by molar-refractivity contribution is -0.385. The predicted octanol–water partition coefficient (Wildman–Crippen LogP) is 1.95. The number of hydrogen-bond acceptors (Lipinski definition) is 4. The van der Waals surface area contributed by atoms with Gasteiger partial charge in [0, 0.05) is 12.5 Å². The van der Waals surface area contributed by atoms with Crippen LogP contribution in [0.1, 0.15) is 5.56 Å². The van der Waals surface area contributed by atoms with Gasteiger partial charge in [0.05, 0.1) is 17.9 Å². The fourth-order valence-corrected chi connectivity index (χ4v) is 1.36. The number of carbonyl (C=O) groups is 1. The number of benzene rings is 1. The van der Waals surface area contributed by atoms with Crippen LogP contribution in [0, 0.1) is 10.1 Å². The highest BCUT2D eigenvalue weighted by Gasteiger charge is 2.15. The number of nitro groups is 1. The van der Waals surface area contributed by atoms with Crippen LogP contribution in [0.15, 0.2) is 18.2 Å². The molecule has 0 spiro atoms. The molecule has 0 N–H and O–H groups in total. The van der Waals surface area contributed by atoms with Crippen LogP contribution in [0.5, 0.6) is 5.75 Å². The summed E-state index contributed by atoms with van der Waals surface area (Å²) in [5, 5.41) is 10.7. The van der Waals surface area contributed by atoms with E-state index in [-0.39, 0.29) is 29.5 Å². The maximum atomic E-state index is 11.1. The molecule has 0 atom stereocenters. The van der Waals surface area contributed by atoms with Gasteiger partial charge in [-0.15, -0.1) is 11.6 Å². The van der Waals surface area contributed by atoms with E-state index in [1.54, 1.807) is 6.07 Å². The smallest absolute Gasteiger partial charge is 0.311 e. The number of carbonyl (C=O) groups excluding carboxylic acids is 1. The summed E-state index contributed by atoms with van der Waals surface area (Å²) in [6, 6.07) is 4.40. The fourth-order valence-electron chi connectivity index (χ4n) is 1.26. The first-order chi connectivity index (χ1) is 7.58. The molecular weight excluding hydrogens is 234 g/mol. The van der Waals surface area contributed by atoms with Crippen molar-refractivity contribution in [3.63, 3.8) is 0 Å². The molecule has 0 saturated carbocycles. The van der Waals surface area contributed by atoms with E-state index in [9.17, 15) is 14.9 Å². The SMILES string of the molecule is COc1ccc(CC(=O)CCl)cc1[N+](=O)[O-]. The quantitative estimate of drug-likeness (QED) is 0.450. The molecule has 0 fully saturated rings. The molecular formula is C10H10ClNO4. The van der Waals surface area contributed by atoms with Crippen LogP contribution in [0.4, 0.5) is 5.69 Å². The molecule has 0 saturated heterocycles. The second kappa shape index (κ2) is 5.46. The summed E-state index contributed by atoms with van der Waals surface area (Å²) in [5.41, 5.74) is 0.403. The molecule has 1 aromatic rings. The van der Waals surface area contributed by atoms with Crippen molar-refractivity contribution in [3.05, 3.63) is 33.9 Å². The highest BCUT2D eigenvalue weighted by Crippen LogP contribution is 2.27. The third-order valence-corrected chi connectivity index (χ3v) is 2.29. The molecule has 0 aliphatic rings. The van der Waals surface area contributed by atoms with Crippen molar-refractivity contribution < 1.29 is 14.5 Å². The lowest BCUT2D eigenvalue weighted by Gasteiger charge is -2.03. The molecule has 0 heterocycles. The molecule has 0 radical (unpaired) electrons. The van der Waals surface area contributed by atoms with Crippen LogP contribution in [0.2, 0.25) is 0 Å². The number of nitrogens with zero attached hydrogens (tertiary/aromatic N) is 1. The van der Waals surface area contributed by atoms with E-state index in [4.69, 9.17) is 16.3 Å². The van der Waals surface area contributed by atoms with Gasteiger partial charge in [-0.05, 0) is 11.6 Å². The predicted molar refractivity (Wildman–Crippen MR) is 59.1 cm³/mol. The van der Waals surface area contributed by atoms with E-state index < -0.39 is 4.92 Å². The standard InChI is InChI=1S/C10H10ClNO4/c1-16-10-3-2-7(4-8(13)6-11)5-9(10)12(14)15/h2-3,5H,4,6H2,1H3. The van der Waals surface area contributed by atoms with Gasteiger partial charge in [-0.25, -0.2) is 0 Å². The Balaban J connectivity index is 3.02. The van der Waals surface area contributed by atoms with E-state index in [1.165, 1.54) is 19.2 Å². The van der Waals surface area contributed by atoms with Crippen molar-refractivity contribution in [1.82, 2.24) is 0 Å². The van der Waals surface area contributed by atoms with Crippen LogP contribution < -0.4 is 4.74 Å². The van der Waals surface area contributed by atoms with Gasteiger partial charge in [-0.2, -0.15) is 0 Å². The lowest BCUT2D eigenvalue weighted by atomic mass is 10.1. The van der Waals surface area contributed by atoms with Gasteiger partial charge in [0.2, 0.25) is 0 Å². The summed E-state index contributed by atoms with van der Waals surface area (Å²) in [4.78, 5) is 21.2. The van der Waals surface area contributed by atoms with Gasteiger partial charge >= 0.3 is 5.69 Å². The van der Waals surface area contributed by atoms with Gasteiger partial charge in [-0.3, -0.25) is 14.9 Å². The Hall–Kier alpha value is -1.62. The summed E-state index contributed by atoms with van der Waals surface area (Å²) in [5.74, 6) is -0.104. The normalized spacial score (nSPS) is 9.88. The minimum atomic E-state index is -0.548. The molecule has 5 nitrogen and oxygen atoms in total. The Labute approximate surface area is 97.1 Å². The van der Waals surface area contributed by atoms with Crippen molar-refractivity contribution >= 4 is 23.1 Å². The van der Waals surface area contributed by atoms with E-state index in [0.29, 0.717) is 5.56 Å². The Kier molecular flexibility index (Phi) is 4.25.